The molecular weight excluding hydrogens is 474 g/mol. The summed E-state index contributed by atoms with van der Waals surface area (Å²) < 4.78 is 2.27. The summed E-state index contributed by atoms with van der Waals surface area (Å²) in [6.45, 7) is 11.6. The summed E-state index contributed by atoms with van der Waals surface area (Å²) in [5.41, 5.74) is 10.6. The van der Waals surface area contributed by atoms with Gasteiger partial charge in [-0.25, -0.2) is 0 Å². The number of halogens is 2. The Labute approximate surface area is 184 Å². The van der Waals surface area contributed by atoms with E-state index in [-0.39, 0.29) is 10.8 Å². The third kappa shape index (κ3) is 2.29. The highest BCUT2D eigenvalue weighted by Gasteiger charge is 2.45. The van der Waals surface area contributed by atoms with Gasteiger partial charge in [0.1, 0.15) is 0 Å². The van der Waals surface area contributed by atoms with E-state index in [2.05, 4.69) is 120 Å². The average Bonchev–Trinajstić information content (AvgIpc) is 2.62. The molecule has 0 spiro atoms. The van der Waals surface area contributed by atoms with E-state index in [1.54, 1.807) is 0 Å². The van der Waals surface area contributed by atoms with Gasteiger partial charge in [0.25, 0.3) is 0 Å². The first-order valence-corrected chi connectivity index (χ1v) is 11.3. The molecule has 2 aliphatic rings. The molecule has 28 heavy (non-hydrogen) atoms. The Morgan fingerprint density at radius 2 is 1.14 bits per heavy atom. The standard InChI is InChI=1S/C25H23Br2N/c1-14-6-8-21-17(10-14)24(2,3)19-12-16(27)13-20-23(19)28(21)22-9-7-15(26)11-18(22)25(20,4)5/h6-13H,1-5H3. The monoisotopic (exact) mass is 495 g/mol. The van der Waals surface area contributed by atoms with Gasteiger partial charge in [0.2, 0.25) is 0 Å². The predicted molar refractivity (Wildman–Crippen MR) is 126 cm³/mol. The van der Waals surface area contributed by atoms with Crippen LogP contribution >= 0.6 is 31.9 Å². The summed E-state index contributed by atoms with van der Waals surface area (Å²) >= 11 is 7.51. The minimum Gasteiger partial charge on any atom is -0.309 e. The van der Waals surface area contributed by atoms with Gasteiger partial charge in [0, 0.05) is 19.8 Å². The molecule has 3 aromatic carbocycles. The van der Waals surface area contributed by atoms with E-state index in [0.717, 1.165) is 8.95 Å². The van der Waals surface area contributed by atoms with Crippen LogP contribution in [-0.4, -0.2) is 0 Å². The highest BCUT2D eigenvalue weighted by atomic mass is 79.9. The molecule has 1 nitrogen and oxygen atoms in total. The molecule has 0 aliphatic carbocycles. The summed E-state index contributed by atoms with van der Waals surface area (Å²) in [5.74, 6) is 0. The summed E-state index contributed by atoms with van der Waals surface area (Å²) in [4.78, 5) is 2.49. The maximum absolute atomic E-state index is 3.81. The van der Waals surface area contributed by atoms with Crippen molar-refractivity contribution in [2.45, 2.75) is 45.4 Å². The van der Waals surface area contributed by atoms with Gasteiger partial charge >= 0.3 is 0 Å². The molecule has 0 unspecified atom stereocenters. The summed E-state index contributed by atoms with van der Waals surface area (Å²) in [7, 11) is 0. The van der Waals surface area contributed by atoms with Crippen molar-refractivity contribution >= 4 is 48.9 Å². The highest BCUT2D eigenvalue weighted by molar-refractivity contribution is 9.10. The molecule has 0 aromatic heterocycles. The number of nitrogens with zero attached hydrogens (tertiary/aromatic N) is 1. The second-order valence-electron chi connectivity index (χ2n) is 9.12. The topological polar surface area (TPSA) is 3.24 Å². The van der Waals surface area contributed by atoms with E-state index < -0.39 is 0 Å². The van der Waals surface area contributed by atoms with Crippen LogP contribution in [0.1, 0.15) is 55.5 Å². The van der Waals surface area contributed by atoms with Crippen LogP contribution in [0, 0.1) is 6.92 Å². The first kappa shape index (κ1) is 18.4. The Kier molecular flexibility index (Phi) is 3.78. The van der Waals surface area contributed by atoms with Crippen LogP contribution in [0.5, 0.6) is 0 Å². The van der Waals surface area contributed by atoms with Crippen LogP contribution in [0.3, 0.4) is 0 Å². The molecule has 0 fully saturated rings. The van der Waals surface area contributed by atoms with Crippen LogP contribution in [0.15, 0.2) is 57.5 Å². The second kappa shape index (κ2) is 5.73. The molecule has 0 N–H and O–H groups in total. The van der Waals surface area contributed by atoms with Crippen LogP contribution < -0.4 is 4.90 Å². The zero-order valence-electron chi connectivity index (χ0n) is 16.8. The van der Waals surface area contributed by atoms with E-state index in [1.165, 1.54) is 44.9 Å². The zero-order valence-corrected chi connectivity index (χ0v) is 20.0. The van der Waals surface area contributed by atoms with Crippen molar-refractivity contribution in [1.82, 2.24) is 0 Å². The smallest absolute Gasteiger partial charge is 0.0544 e. The Hall–Kier alpha value is -1.58. The average molecular weight is 497 g/mol. The number of hydrogen-bond acceptors (Lipinski definition) is 1. The van der Waals surface area contributed by atoms with Crippen LogP contribution in [-0.2, 0) is 10.8 Å². The van der Waals surface area contributed by atoms with Crippen LogP contribution in [0.25, 0.3) is 0 Å². The molecule has 0 saturated heterocycles. The molecular formula is C25H23Br2N. The molecule has 0 radical (unpaired) electrons. The first-order chi connectivity index (χ1) is 13.1. The van der Waals surface area contributed by atoms with Crippen molar-refractivity contribution in [3.63, 3.8) is 0 Å². The number of benzene rings is 3. The normalized spacial score (nSPS) is 17.6. The lowest BCUT2D eigenvalue weighted by Crippen LogP contribution is -2.38. The molecule has 0 amide bonds. The number of aryl methyl sites for hydroxylation is 1. The Bertz CT molecular complexity index is 1070. The minimum absolute atomic E-state index is 0.0608. The molecule has 5 rings (SSSR count). The Morgan fingerprint density at radius 1 is 0.643 bits per heavy atom. The van der Waals surface area contributed by atoms with Crippen molar-refractivity contribution in [2.75, 3.05) is 4.90 Å². The Morgan fingerprint density at radius 3 is 1.75 bits per heavy atom. The van der Waals surface area contributed by atoms with E-state index in [4.69, 9.17) is 0 Å². The van der Waals surface area contributed by atoms with Crippen molar-refractivity contribution in [3.05, 3.63) is 85.3 Å². The summed E-state index contributed by atoms with van der Waals surface area (Å²) in [6.07, 6.45) is 0. The molecule has 2 aliphatic heterocycles. The molecule has 0 atom stereocenters. The van der Waals surface area contributed by atoms with Crippen molar-refractivity contribution in [3.8, 4) is 0 Å². The van der Waals surface area contributed by atoms with Gasteiger partial charge < -0.3 is 4.90 Å². The van der Waals surface area contributed by atoms with E-state index >= 15 is 0 Å². The molecule has 3 aromatic rings. The largest absolute Gasteiger partial charge is 0.309 e. The fourth-order valence-corrected chi connectivity index (χ4v) is 5.82. The predicted octanol–water partition coefficient (Wildman–Crippen LogP) is 8.27. The van der Waals surface area contributed by atoms with Gasteiger partial charge in [0.05, 0.1) is 17.1 Å². The molecule has 2 heterocycles. The molecule has 0 saturated carbocycles. The number of fused-ring (bicyclic) bond motifs is 4. The quantitative estimate of drug-likeness (QED) is 0.302. The lowest BCUT2D eigenvalue weighted by atomic mass is 9.66. The fraction of sp³-hybridized carbons (Fsp3) is 0.280. The van der Waals surface area contributed by atoms with Crippen molar-refractivity contribution in [2.24, 2.45) is 0 Å². The first-order valence-electron chi connectivity index (χ1n) is 9.68. The summed E-state index contributed by atoms with van der Waals surface area (Å²) in [6, 6.07) is 18.2. The maximum atomic E-state index is 3.81. The van der Waals surface area contributed by atoms with Crippen LogP contribution in [0.2, 0.25) is 0 Å². The maximum Gasteiger partial charge on any atom is 0.0544 e. The number of anilines is 3. The van der Waals surface area contributed by atoms with Gasteiger partial charge in [-0.1, -0.05) is 77.3 Å². The van der Waals surface area contributed by atoms with Gasteiger partial charge in [-0.2, -0.15) is 0 Å². The van der Waals surface area contributed by atoms with E-state index in [9.17, 15) is 0 Å². The zero-order chi connectivity index (χ0) is 20.0. The van der Waals surface area contributed by atoms with E-state index in [1.807, 2.05) is 0 Å². The number of hydrogen-bond donors (Lipinski definition) is 0. The third-order valence-corrected chi connectivity index (χ3v) is 7.54. The minimum atomic E-state index is -0.0816. The van der Waals surface area contributed by atoms with Gasteiger partial charge in [0.15, 0.2) is 0 Å². The van der Waals surface area contributed by atoms with Gasteiger partial charge in [-0.15, -0.1) is 0 Å². The highest BCUT2D eigenvalue weighted by Crippen LogP contribution is 2.60. The van der Waals surface area contributed by atoms with Gasteiger partial charge in [-0.05, 0) is 65.6 Å². The van der Waals surface area contributed by atoms with E-state index in [0.29, 0.717) is 0 Å². The fourth-order valence-electron chi connectivity index (χ4n) is 5.00. The Balaban J connectivity index is 1.97. The van der Waals surface area contributed by atoms with Crippen molar-refractivity contribution < 1.29 is 0 Å². The van der Waals surface area contributed by atoms with Gasteiger partial charge in [-0.3, -0.25) is 0 Å². The lowest BCUT2D eigenvalue weighted by molar-refractivity contribution is 0.596. The summed E-state index contributed by atoms with van der Waals surface area (Å²) in [5, 5.41) is 0. The third-order valence-electron chi connectivity index (χ3n) is 6.58. The number of rotatable bonds is 0. The molecule has 3 heteroatoms. The van der Waals surface area contributed by atoms with Crippen molar-refractivity contribution in [1.29, 1.82) is 0 Å². The van der Waals surface area contributed by atoms with Crippen LogP contribution in [0.4, 0.5) is 17.1 Å². The lowest BCUT2D eigenvalue weighted by Gasteiger charge is -2.49. The molecule has 142 valence electrons. The second-order valence-corrected chi connectivity index (χ2v) is 10.9. The molecule has 0 bridgehead atoms. The SMILES string of the molecule is Cc1ccc2c(c1)C(C)(C)c1cc(Br)cc3c1N2c1ccc(Br)cc1C3(C)C.